The van der Waals surface area contributed by atoms with E-state index < -0.39 is 0 Å². The largest absolute Gasteiger partial charge is 0.316 e. The smallest absolute Gasteiger partial charge is 0.155 e. The Hall–Kier alpha value is -1.42. The predicted molar refractivity (Wildman–Crippen MR) is 62.3 cm³/mol. The van der Waals surface area contributed by atoms with E-state index in [1.807, 2.05) is 24.8 Å². The molecule has 3 heterocycles. The zero-order chi connectivity index (χ0) is 10.8. The lowest BCUT2D eigenvalue weighted by molar-refractivity contribution is 0.373. The molecule has 3 rings (SSSR count). The van der Waals surface area contributed by atoms with E-state index in [1.165, 1.54) is 25.1 Å². The summed E-state index contributed by atoms with van der Waals surface area (Å²) in [6.07, 6.45) is 11.3. The van der Waals surface area contributed by atoms with E-state index in [-0.39, 0.29) is 0 Å². The van der Waals surface area contributed by atoms with Crippen molar-refractivity contribution in [1.29, 1.82) is 0 Å². The van der Waals surface area contributed by atoms with E-state index in [1.54, 1.807) is 0 Å². The van der Waals surface area contributed by atoms with Gasteiger partial charge in [0, 0.05) is 24.3 Å². The quantitative estimate of drug-likeness (QED) is 0.822. The SMILES string of the molecule is c1cn2c(CC3CCCNC3)cnc2cn1. The molecule has 0 spiro atoms. The molecule has 1 aliphatic heterocycles. The maximum Gasteiger partial charge on any atom is 0.155 e. The van der Waals surface area contributed by atoms with Gasteiger partial charge in [0.1, 0.15) is 0 Å². The van der Waals surface area contributed by atoms with Crippen molar-refractivity contribution in [1.82, 2.24) is 19.7 Å². The van der Waals surface area contributed by atoms with Crippen LogP contribution < -0.4 is 5.32 Å². The second-order valence-corrected chi connectivity index (χ2v) is 4.47. The monoisotopic (exact) mass is 216 g/mol. The van der Waals surface area contributed by atoms with Crippen LogP contribution in [0.15, 0.2) is 24.8 Å². The number of rotatable bonds is 2. The molecular formula is C12H16N4. The number of hydrogen-bond donors (Lipinski definition) is 1. The minimum absolute atomic E-state index is 0.752. The third-order valence-corrected chi connectivity index (χ3v) is 3.29. The number of aromatic nitrogens is 3. The Morgan fingerprint density at radius 2 is 2.44 bits per heavy atom. The summed E-state index contributed by atoms with van der Waals surface area (Å²) in [5.41, 5.74) is 2.24. The molecule has 1 saturated heterocycles. The first kappa shape index (κ1) is 9.78. The van der Waals surface area contributed by atoms with Crippen molar-refractivity contribution in [2.75, 3.05) is 13.1 Å². The van der Waals surface area contributed by atoms with Crippen LogP contribution >= 0.6 is 0 Å². The zero-order valence-corrected chi connectivity index (χ0v) is 9.26. The Morgan fingerprint density at radius 1 is 1.44 bits per heavy atom. The zero-order valence-electron chi connectivity index (χ0n) is 9.26. The maximum absolute atomic E-state index is 4.36. The van der Waals surface area contributed by atoms with Crippen LogP contribution in [0.1, 0.15) is 18.5 Å². The molecule has 4 heteroatoms. The minimum atomic E-state index is 0.752. The Labute approximate surface area is 94.7 Å². The minimum Gasteiger partial charge on any atom is -0.316 e. The van der Waals surface area contributed by atoms with Crippen molar-refractivity contribution in [3.63, 3.8) is 0 Å². The number of hydrogen-bond acceptors (Lipinski definition) is 3. The molecule has 1 fully saturated rings. The van der Waals surface area contributed by atoms with E-state index in [0.717, 1.165) is 24.5 Å². The average Bonchev–Trinajstić information content (AvgIpc) is 2.74. The molecule has 2 aromatic rings. The molecule has 1 atom stereocenters. The molecule has 2 aromatic heterocycles. The van der Waals surface area contributed by atoms with Gasteiger partial charge in [0.2, 0.25) is 0 Å². The molecule has 0 bridgehead atoms. The lowest BCUT2D eigenvalue weighted by Gasteiger charge is -2.22. The van der Waals surface area contributed by atoms with Crippen molar-refractivity contribution >= 4 is 5.65 Å². The van der Waals surface area contributed by atoms with Gasteiger partial charge in [0.25, 0.3) is 0 Å². The summed E-state index contributed by atoms with van der Waals surface area (Å²) >= 11 is 0. The van der Waals surface area contributed by atoms with E-state index in [4.69, 9.17) is 0 Å². The van der Waals surface area contributed by atoms with Gasteiger partial charge in [-0.25, -0.2) is 4.98 Å². The summed E-state index contributed by atoms with van der Waals surface area (Å²) in [5.74, 6) is 0.752. The van der Waals surface area contributed by atoms with Crippen LogP contribution in [0.4, 0.5) is 0 Å². The lowest BCUT2D eigenvalue weighted by Crippen LogP contribution is -2.31. The molecule has 0 radical (unpaired) electrons. The number of piperidine rings is 1. The van der Waals surface area contributed by atoms with Gasteiger partial charge in [-0.3, -0.25) is 4.98 Å². The molecule has 0 aliphatic carbocycles. The fourth-order valence-electron chi connectivity index (χ4n) is 2.44. The maximum atomic E-state index is 4.36. The van der Waals surface area contributed by atoms with E-state index >= 15 is 0 Å². The fraction of sp³-hybridized carbons (Fsp3) is 0.500. The van der Waals surface area contributed by atoms with Gasteiger partial charge in [-0.1, -0.05) is 0 Å². The standard InChI is InChI=1S/C12H16N4/c1-2-10(7-13-3-1)6-11-8-15-12-9-14-4-5-16(11)12/h4-5,8-10,13H,1-3,6-7H2. The summed E-state index contributed by atoms with van der Waals surface area (Å²) in [4.78, 5) is 8.44. The molecule has 1 aliphatic rings. The van der Waals surface area contributed by atoms with Gasteiger partial charge in [0.15, 0.2) is 5.65 Å². The van der Waals surface area contributed by atoms with Crippen LogP contribution in [-0.2, 0) is 6.42 Å². The van der Waals surface area contributed by atoms with Crippen LogP contribution in [0.3, 0.4) is 0 Å². The number of nitrogens with one attached hydrogen (secondary N) is 1. The molecule has 0 saturated carbocycles. The van der Waals surface area contributed by atoms with E-state index in [0.29, 0.717) is 0 Å². The van der Waals surface area contributed by atoms with Crippen molar-refractivity contribution in [3.05, 3.63) is 30.5 Å². The first-order chi connectivity index (χ1) is 7.93. The normalized spacial score (nSPS) is 21.4. The van der Waals surface area contributed by atoms with Crippen molar-refractivity contribution in [2.45, 2.75) is 19.3 Å². The fourth-order valence-corrected chi connectivity index (χ4v) is 2.44. The summed E-state index contributed by atoms with van der Waals surface area (Å²) in [6, 6.07) is 0. The molecule has 1 unspecified atom stereocenters. The lowest BCUT2D eigenvalue weighted by atomic mass is 9.95. The topological polar surface area (TPSA) is 42.2 Å². The van der Waals surface area contributed by atoms with Gasteiger partial charge >= 0.3 is 0 Å². The third-order valence-electron chi connectivity index (χ3n) is 3.29. The molecular weight excluding hydrogens is 200 g/mol. The van der Waals surface area contributed by atoms with Crippen molar-refractivity contribution in [2.24, 2.45) is 5.92 Å². The molecule has 0 aromatic carbocycles. The highest BCUT2D eigenvalue weighted by Gasteiger charge is 2.15. The van der Waals surface area contributed by atoms with Gasteiger partial charge < -0.3 is 9.72 Å². The molecule has 1 N–H and O–H groups in total. The third kappa shape index (κ3) is 1.80. The highest BCUT2D eigenvalue weighted by Crippen LogP contribution is 2.16. The first-order valence-electron chi connectivity index (χ1n) is 5.90. The number of nitrogens with zero attached hydrogens (tertiary/aromatic N) is 3. The predicted octanol–water partition coefficient (Wildman–Crippen LogP) is 1.27. The van der Waals surface area contributed by atoms with E-state index in [2.05, 4.69) is 19.7 Å². The van der Waals surface area contributed by atoms with Gasteiger partial charge in [-0.05, 0) is 38.3 Å². The summed E-state index contributed by atoms with van der Waals surface area (Å²) in [6.45, 7) is 2.31. The van der Waals surface area contributed by atoms with Gasteiger partial charge in [0.05, 0.1) is 6.20 Å². The first-order valence-corrected chi connectivity index (χ1v) is 5.90. The van der Waals surface area contributed by atoms with E-state index in [9.17, 15) is 0 Å². The molecule has 16 heavy (non-hydrogen) atoms. The van der Waals surface area contributed by atoms with Gasteiger partial charge in [-0.15, -0.1) is 0 Å². The second-order valence-electron chi connectivity index (χ2n) is 4.47. The van der Waals surface area contributed by atoms with Crippen molar-refractivity contribution < 1.29 is 0 Å². The summed E-state index contributed by atoms with van der Waals surface area (Å²) in [7, 11) is 0. The van der Waals surface area contributed by atoms with Gasteiger partial charge in [-0.2, -0.15) is 0 Å². The Kier molecular flexibility index (Phi) is 2.58. The van der Waals surface area contributed by atoms with Crippen LogP contribution in [-0.4, -0.2) is 27.5 Å². The summed E-state index contributed by atoms with van der Waals surface area (Å²) < 4.78 is 2.14. The molecule has 84 valence electrons. The van der Waals surface area contributed by atoms with Crippen LogP contribution in [0.2, 0.25) is 0 Å². The Morgan fingerprint density at radius 3 is 3.31 bits per heavy atom. The van der Waals surface area contributed by atoms with Crippen LogP contribution in [0.5, 0.6) is 0 Å². The highest BCUT2D eigenvalue weighted by molar-refractivity contribution is 5.36. The van der Waals surface area contributed by atoms with Crippen LogP contribution in [0, 0.1) is 5.92 Å². The highest BCUT2D eigenvalue weighted by atomic mass is 15.0. The number of imidazole rings is 1. The Balaban J connectivity index is 1.83. The molecule has 0 amide bonds. The summed E-state index contributed by atoms with van der Waals surface area (Å²) in [5, 5.41) is 3.45. The average molecular weight is 216 g/mol. The second kappa shape index (κ2) is 4.22. The molecule has 4 nitrogen and oxygen atoms in total. The van der Waals surface area contributed by atoms with Crippen LogP contribution in [0.25, 0.3) is 5.65 Å². The number of fused-ring (bicyclic) bond motifs is 1. The Bertz CT molecular complexity index is 471. The van der Waals surface area contributed by atoms with Crippen molar-refractivity contribution in [3.8, 4) is 0 Å².